The fourth-order valence-electron chi connectivity index (χ4n) is 1.42. The monoisotopic (exact) mass is 219 g/mol. The van der Waals surface area contributed by atoms with E-state index >= 15 is 0 Å². The van der Waals surface area contributed by atoms with Crippen LogP contribution in [0.1, 0.15) is 33.1 Å². The van der Waals surface area contributed by atoms with E-state index in [1.807, 2.05) is 17.7 Å². The Hall–Kier alpha value is 0.170. The highest BCUT2D eigenvalue weighted by Gasteiger charge is 2.44. The Kier molecular flexibility index (Phi) is 3.98. The standard InChI is InChI=1S/C9H17NOS2/c1-3-4-5-7-9(2,8(10)11)6-12-13-7/h7H,3-6H2,1-2H3,(H2,10,11). The number of hydrogen-bond acceptors (Lipinski definition) is 3. The first-order chi connectivity index (χ1) is 6.11. The Bertz CT molecular complexity index is 198. The molecule has 0 bridgehead atoms. The van der Waals surface area contributed by atoms with E-state index in [1.54, 1.807) is 10.8 Å². The lowest BCUT2D eigenvalue weighted by Crippen LogP contribution is -2.41. The molecular formula is C9H17NOS2. The first-order valence-corrected chi connectivity index (χ1v) is 7.07. The van der Waals surface area contributed by atoms with Gasteiger partial charge in [-0.1, -0.05) is 41.4 Å². The second-order valence-corrected chi connectivity index (χ2v) is 6.34. The van der Waals surface area contributed by atoms with Crippen molar-refractivity contribution in [3.05, 3.63) is 0 Å². The van der Waals surface area contributed by atoms with E-state index in [2.05, 4.69) is 6.92 Å². The summed E-state index contributed by atoms with van der Waals surface area (Å²) in [5.41, 5.74) is 5.16. The lowest BCUT2D eigenvalue weighted by atomic mass is 9.85. The third-order valence-electron chi connectivity index (χ3n) is 2.64. The number of hydrogen-bond donors (Lipinski definition) is 1. The van der Waals surface area contributed by atoms with Crippen LogP contribution in [0.25, 0.3) is 0 Å². The molecule has 0 radical (unpaired) electrons. The maximum absolute atomic E-state index is 11.3. The molecule has 4 heteroatoms. The average molecular weight is 219 g/mol. The Balaban J connectivity index is 2.57. The van der Waals surface area contributed by atoms with Crippen LogP contribution in [0.15, 0.2) is 0 Å². The van der Waals surface area contributed by atoms with E-state index in [0.717, 1.165) is 12.2 Å². The Morgan fingerprint density at radius 1 is 1.69 bits per heavy atom. The fraction of sp³-hybridized carbons (Fsp3) is 0.889. The molecule has 0 aliphatic carbocycles. The molecule has 0 saturated carbocycles. The SMILES string of the molecule is CCCCC1SSCC1(C)C(N)=O. The molecule has 1 aliphatic heterocycles. The quantitative estimate of drug-likeness (QED) is 0.738. The highest BCUT2D eigenvalue weighted by molar-refractivity contribution is 8.77. The second kappa shape index (κ2) is 4.60. The molecule has 0 aromatic rings. The summed E-state index contributed by atoms with van der Waals surface area (Å²) in [5.74, 6) is 0.743. The average Bonchev–Trinajstić information content (AvgIpc) is 2.45. The zero-order valence-corrected chi connectivity index (χ0v) is 9.84. The number of rotatable bonds is 4. The Morgan fingerprint density at radius 3 is 2.92 bits per heavy atom. The van der Waals surface area contributed by atoms with Crippen LogP contribution >= 0.6 is 21.6 Å². The number of carbonyl (C=O) groups excluding carboxylic acids is 1. The van der Waals surface area contributed by atoms with E-state index in [-0.39, 0.29) is 11.3 Å². The predicted octanol–water partition coefficient (Wildman–Crippen LogP) is 2.43. The molecule has 13 heavy (non-hydrogen) atoms. The van der Waals surface area contributed by atoms with Gasteiger partial charge in [0, 0.05) is 11.0 Å². The van der Waals surface area contributed by atoms with Gasteiger partial charge in [0.05, 0.1) is 5.41 Å². The summed E-state index contributed by atoms with van der Waals surface area (Å²) in [6, 6.07) is 0. The van der Waals surface area contributed by atoms with E-state index < -0.39 is 0 Å². The lowest BCUT2D eigenvalue weighted by molar-refractivity contribution is -0.125. The van der Waals surface area contributed by atoms with Crippen molar-refractivity contribution in [2.45, 2.75) is 38.4 Å². The maximum atomic E-state index is 11.3. The van der Waals surface area contributed by atoms with E-state index in [9.17, 15) is 4.79 Å². The minimum atomic E-state index is -0.273. The van der Waals surface area contributed by atoms with Crippen molar-refractivity contribution >= 4 is 27.5 Å². The van der Waals surface area contributed by atoms with Crippen molar-refractivity contribution in [1.29, 1.82) is 0 Å². The van der Waals surface area contributed by atoms with Gasteiger partial charge in [0.1, 0.15) is 0 Å². The van der Waals surface area contributed by atoms with Crippen LogP contribution < -0.4 is 5.73 Å². The second-order valence-electron chi connectivity index (χ2n) is 3.77. The third kappa shape index (κ3) is 2.34. The largest absolute Gasteiger partial charge is 0.369 e. The van der Waals surface area contributed by atoms with Crippen molar-refractivity contribution in [2.75, 3.05) is 5.75 Å². The van der Waals surface area contributed by atoms with E-state index in [1.165, 1.54) is 12.8 Å². The normalized spacial score (nSPS) is 33.5. The van der Waals surface area contributed by atoms with Gasteiger partial charge in [-0.25, -0.2) is 0 Å². The molecule has 2 N–H and O–H groups in total. The maximum Gasteiger partial charge on any atom is 0.225 e. The highest BCUT2D eigenvalue weighted by atomic mass is 33.1. The van der Waals surface area contributed by atoms with E-state index in [0.29, 0.717) is 5.25 Å². The van der Waals surface area contributed by atoms with Gasteiger partial charge in [0.25, 0.3) is 0 Å². The minimum absolute atomic E-state index is 0.133. The summed E-state index contributed by atoms with van der Waals surface area (Å²) >= 11 is 0. The fourth-order valence-corrected chi connectivity index (χ4v) is 5.38. The van der Waals surface area contributed by atoms with Crippen molar-refractivity contribution < 1.29 is 4.79 Å². The first kappa shape index (κ1) is 11.2. The van der Waals surface area contributed by atoms with Gasteiger partial charge in [-0.15, -0.1) is 0 Å². The molecule has 1 fully saturated rings. The molecule has 2 unspecified atom stereocenters. The van der Waals surface area contributed by atoms with Gasteiger partial charge < -0.3 is 5.73 Å². The highest BCUT2D eigenvalue weighted by Crippen LogP contribution is 2.51. The molecule has 1 rings (SSSR count). The number of primary amides is 1. The summed E-state index contributed by atoms with van der Waals surface area (Å²) in [6.07, 6.45) is 3.51. The van der Waals surface area contributed by atoms with Gasteiger partial charge in [-0.05, 0) is 13.3 Å². The van der Waals surface area contributed by atoms with Gasteiger partial charge in [-0.2, -0.15) is 0 Å². The Morgan fingerprint density at radius 2 is 2.38 bits per heavy atom. The van der Waals surface area contributed by atoms with Crippen molar-refractivity contribution in [2.24, 2.45) is 11.1 Å². The van der Waals surface area contributed by atoms with Crippen molar-refractivity contribution in [1.82, 2.24) is 0 Å². The van der Waals surface area contributed by atoms with Gasteiger partial charge >= 0.3 is 0 Å². The van der Waals surface area contributed by atoms with Crippen LogP contribution in [-0.4, -0.2) is 16.9 Å². The molecule has 2 atom stereocenters. The summed E-state index contributed by atoms with van der Waals surface area (Å²) in [7, 11) is 3.62. The molecule has 1 aliphatic rings. The van der Waals surface area contributed by atoms with Gasteiger partial charge in [0.15, 0.2) is 0 Å². The van der Waals surface area contributed by atoms with Gasteiger partial charge in [0.2, 0.25) is 5.91 Å². The lowest BCUT2D eigenvalue weighted by Gasteiger charge is -2.25. The topological polar surface area (TPSA) is 43.1 Å². The molecule has 1 heterocycles. The number of carbonyl (C=O) groups is 1. The summed E-state index contributed by atoms with van der Waals surface area (Å²) < 4.78 is 0. The summed E-state index contributed by atoms with van der Waals surface area (Å²) in [4.78, 5) is 11.3. The van der Waals surface area contributed by atoms with Crippen LogP contribution in [0.3, 0.4) is 0 Å². The summed E-state index contributed by atoms with van der Waals surface area (Å²) in [6.45, 7) is 4.18. The number of amides is 1. The van der Waals surface area contributed by atoms with Crippen molar-refractivity contribution in [3.8, 4) is 0 Å². The first-order valence-electron chi connectivity index (χ1n) is 4.69. The number of unbranched alkanes of at least 4 members (excludes halogenated alkanes) is 1. The molecular weight excluding hydrogens is 202 g/mol. The molecule has 1 amide bonds. The molecule has 0 aromatic carbocycles. The molecule has 1 saturated heterocycles. The Labute approximate surface area is 87.8 Å². The molecule has 0 spiro atoms. The zero-order valence-electron chi connectivity index (χ0n) is 8.21. The molecule has 0 aromatic heterocycles. The van der Waals surface area contributed by atoms with Crippen LogP contribution in [0, 0.1) is 5.41 Å². The third-order valence-corrected chi connectivity index (χ3v) is 5.94. The van der Waals surface area contributed by atoms with E-state index in [4.69, 9.17) is 5.73 Å². The zero-order chi connectivity index (χ0) is 9.90. The van der Waals surface area contributed by atoms with Crippen LogP contribution in [-0.2, 0) is 4.79 Å². The van der Waals surface area contributed by atoms with Crippen LogP contribution in [0.2, 0.25) is 0 Å². The van der Waals surface area contributed by atoms with Crippen LogP contribution in [0.5, 0.6) is 0 Å². The number of nitrogens with two attached hydrogens (primary N) is 1. The van der Waals surface area contributed by atoms with Crippen molar-refractivity contribution in [3.63, 3.8) is 0 Å². The minimum Gasteiger partial charge on any atom is -0.369 e. The van der Waals surface area contributed by atoms with Crippen LogP contribution in [0.4, 0.5) is 0 Å². The smallest absolute Gasteiger partial charge is 0.225 e. The molecule has 2 nitrogen and oxygen atoms in total. The predicted molar refractivity (Wildman–Crippen MR) is 60.7 cm³/mol. The summed E-state index contributed by atoms with van der Waals surface area (Å²) in [5, 5.41) is 0.426. The van der Waals surface area contributed by atoms with Gasteiger partial charge in [-0.3, -0.25) is 4.79 Å². The molecule has 76 valence electrons.